The molecule has 0 aliphatic heterocycles. The van der Waals surface area contributed by atoms with Gasteiger partial charge in [0, 0.05) is 20.0 Å². The molecule has 8 heteroatoms. The molecule has 0 aliphatic rings. The first kappa shape index (κ1) is 16.8. The number of aliphatic imine (C=N–C) groups is 1. The average Bonchev–Trinajstić information content (AvgIpc) is 3.34. The van der Waals surface area contributed by atoms with Gasteiger partial charge in [0.2, 0.25) is 5.82 Å². The van der Waals surface area contributed by atoms with Crippen molar-refractivity contribution in [2.75, 3.05) is 13.6 Å². The lowest BCUT2D eigenvalue weighted by atomic mass is 10.2. The van der Waals surface area contributed by atoms with E-state index in [1.807, 2.05) is 38.1 Å². The predicted molar refractivity (Wildman–Crippen MR) is 94.1 cm³/mol. The van der Waals surface area contributed by atoms with Crippen molar-refractivity contribution in [3.8, 4) is 11.6 Å². The molecular formula is C17H22N6O2. The molecule has 0 radical (unpaired) electrons. The van der Waals surface area contributed by atoms with E-state index >= 15 is 0 Å². The Labute approximate surface area is 145 Å². The molecule has 3 aromatic rings. The monoisotopic (exact) mass is 342 g/mol. The topological polar surface area (TPSA) is 104 Å². The highest BCUT2D eigenvalue weighted by molar-refractivity contribution is 5.80. The molecule has 3 heterocycles. The fourth-order valence-electron chi connectivity index (χ4n) is 2.38. The van der Waals surface area contributed by atoms with Crippen LogP contribution in [0.3, 0.4) is 0 Å². The Bertz CT molecular complexity index is 818. The number of hydrogen-bond donors (Lipinski definition) is 3. The van der Waals surface area contributed by atoms with Crippen molar-refractivity contribution in [1.29, 1.82) is 0 Å². The van der Waals surface area contributed by atoms with Crippen molar-refractivity contribution in [1.82, 2.24) is 25.8 Å². The van der Waals surface area contributed by atoms with Gasteiger partial charge in [-0.25, -0.2) is 4.98 Å². The van der Waals surface area contributed by atoms with E-state index in [9.17, 15) is 0 Å². The van der Waals surface area contributed by atoms with Gasteiger partial charge >= 0.3 is 0 Å². The standard InChI is InChI=1S/C17H22N6O2/c1-11-6-7-13(25-11)12(2)20-17(18-3)19-9-8-15-21-16(23-22-15)14-5-4-10-24-14/h4-7,10,12H,8-9H2,1-3H3,(H2,18,19,20)(H,21,22,23). The SMILES string of the molecule is CN=C(NCCc1nc(-c2ccco2)n[nH]1)NC(C)c1ccc(C)o1. The molecule has 0 bridgehead atoms. The largest absolute Gasteiger partial charge is 0.464 e. The molecule has 0 spiro atoms. The Morgan fingerprint density at radius 1 is 1.36 bits per heavy atom. The Morgan fingerprint density at radius 2 is 2.24 bits per heavy atom. The summed E-state index contributed by atoms with van der Waals surface area (Å²) in [7, 11) is 1.74. The fourth-order valence-corrected chi connectivity index (χ4v) is 2.38. The summed E-state index contributed by atoms with van der Waals surface area (Å²) in [4.78, 5) is 8.64. The quantitative estimate of drug-likeness (QED) is 0.469. The zero-order chi connectivity index (χ0) is 17.6. The molecule has 1 atom stereocenters. The number of guanidine groups is 1. The molecule has 0 saturated carbocycles. The van der Waals surface area contributed by atoms with Crippen molar-refractivity contribution in [2.24, 2.45) is 4.99 Å². The van der Waals surface area contributed by atoms with E-state index in [1.54, 1.807) is 13.3 Å². The van der Waals surface area contributed by atoms with Crippen molar-refractivity contribution in [3.05, 3.63) is 47.9 Å². The van der Waals surface area contributed by atoms with E-state index in [0.717, 1.165) is 17.3 Å². The smallest absolute Gasteiger partial charge is 0.216 e. The second-order valence-electron chi connectivity index (χ2n) is 5.65. The number of aryl methyl sites for hydroxylation is 1. The van der Waals surface area contributed by atoms with Gasteiger partial charge in [0.15, 0.2) is 11.7 Å². The third kappa shape index (κ3) is 4.28. The molecule has 25 heavy (non-hydrogen) atoms. The zero-order valence-corrected chi connectivity index (χ0v) is 14.5. The number of hydrogen-bond acceptors (Lipinski definition) is 5. The molecule has 0 aliphatic carbocycles. The van der Waals surface area contributed by atoms with Crippen molar-refractivity contribution in [2.45, 2.75) is 26.3 Å². The predicted octanol–water partition coefficient (Wildman–Crippen LogP) is 2.43. The number of furan rings is 2. The molecule has 3 rings (SSSR count). The van der Waals surface area contributed by atoms with Crippen molar-refractivity contribution >= 4 is 5.96 Å². The number of rotatable bonds is 6. The summed E-state index contributed by atoms with van der Waals surface area (Å²) >= 11 is 0. The van der Waals surface area contributed by atoms with Crippen LogP contribution < -0.4 is 10.6 Å². The first-order valence-electron chi connectivity index (χ1n) is 8.14. The highest BCUT2D eigenvalue weighted by Gasteiger charge is 2.12. The lowest BCUT2D eigenvalue weighted by Crippen LogP contribution is -2.39. The summed E-state index contributed by atoms with van der Waals surface area (Å²) in [5, 5.41) is 13.6. The van der Waals surface area contributed by atoms with E-state index in [1.165, 1.54) is 0 Å². The normalized spacial score (nSPS) is 13.0. The maximum Gasteiger partial charge on any atom is 0.216 e. The number of nitrogens with one attached hydrogen (secondary N) is 3. The molecular weight excluding hydrogens is 320 g/mol. The molecule has 0 aromatic carbocycles. The highest BCUT2D eigenvalue weighted by atomic mass is 16.3. The van der Waals surface area contributed by atoms with E-state index < -0.39 is 0 Å². The molecule has 0 saturated heterocycles. The Balaban J connectivity index is 1.48. The van der Waals surface area contributed by atoms with Crippen LogP contribution in [0.4, 0.5) is 0 Å². The van der Waals surface area contributed by atoms with Gasteiger partial charge in [-0.3, -0.25) is 10.1 Å². The fraction of sp³-hybridized carbons (Fsp3) is 0.353. The van der Waals surface area contributed by atoms with Crippen LogP contribution in [0.5, 0.6) is 0 Å². The molecule has 0 amide bonds. The molecule has 3 aromatic heterocycles. The van der Waals surface area contributed by atoms with E-state index in [4.69, 9.17) is 8.83 Å². The van der Waals surface area contributed by atoms with Crippen LogP contribution in [-0.2, 0) is 6.42 Å². The molecule has 8 nitrogen and oxygen atoms in total. The third-order valence-corrected chi connectivity index (χ3v) is 3.69. The van der Waals surface area contributed by atoms with Gasteiger partial charge in [0.05, 0.1) is 12.3 Å². The van der Waals surface area contributed by atoms with Crippen molar-refractivity contribution in [3.63, 3.8) is 0 Å². The van der Waals surface area contributed by atoms with Crippen LogP contribution in [0, 0.1) is 6.92 Å². The van der Waals surface area contributed by atoms with Crippen molar-refractivity contribution < 1.29 is 8.83 Å². The second kappa shape index (κ2) is 7.69. The Morgan fingerprint density at radius 3 is 2.92 bits per heavy atom. The van der Waals surface area contributed by atoms with Gasteiger partial charge in [-0.05, 0) is 38.1 Å². The van der Waals surface area contributed by atoms with Crippen LogP contribution in [0.2, 0.25) is 0 Å². The second-order valence-corrected chi connectivity index (χ2v) is 5.65. The minimum absolute atomic E-state index is 0.0238. The summed E-state index contributed by atoms with van der Waals surface area (Å²) in [6, 6.07) is 7.57. The minimum Gasteiger partial charge on any atom is -0.464 e. The summed E-state index contributed by atoms with van der Waals surface area (Å²) in [6.07, 6.45) is 2.28. The maximum atomic E-state index is 5.63. The molecule has 0 fully saturated rings. The highest BCUT2D eigenvalue weighted by Crippen LogP contribution is 2.15. The third-order valence-electron chi connectivity index (χ3n) is 3.69. The number of H-pyrrole nitrogens is 1. The summed E-state index contributed by atoms with van der Waals surface area (Å²) in [6.45, 7) is 4.62. The van der Waals surface area contributed by atoms with Gasteiger partial charge in [-0.2, -0.15) is 5.10 Å². The van der Waals surface area contributed by atoms with Gasteiger partial charge in [0.1, 0.15) is 17.3 Å². The summed E-state index contributed by atoms with van der Waals surface area (Å²) in [5.74, 6) is 4.46. The van der Waals surface area contributed by atoms with Crippen LogP contribution >= 0.6 is 0 Å². The first-order valence-corrected chi connectivity index (χ1v) is 8.14. The van der Waals surface area contributed by atoms with E-state index in [0.29, 0.717) is 30.5 Å². The van der Waals surface area contributed by atoms with Crippen LogP contribution in [0.25, 0.3) is 11.6 Å². The van der Waals surface area contributed by atoms with Crippen LogP contribution in [-0.4, -0.2) is 34.7 Å². The molecule has 3 N–H and O–H groups in total. The zero-order valence-electron chi connectivity index (χ0n) is 14.5. The number of nitrogens with zero attached hydrogens (tertiary/aromatic N) is 3. The van der Waals surface area contributed by atoms with Gasteiger partial charge in [-0.1, -0.05) is 0 Å². The summed E-state index contributed by atoms with van der Waals surface area (Å²) in [5.41, 5.74) is 0. The lowest BCUT2D eigenvalue weighted by Gasteiger charge is -2.16. The van der Waals surface area contributed by atoms with Gasteiger partial charge in [-0.15, -0.1) is 0 Å². The Kier molecular flexibility index (Phi) is 5.17. The van der Waals surface area contributed by atoms with Crippen LogP contribution in [0.15, 0.2) is 44.4 Å². The number of aromatic nitrogens is 3. The van der Waals surface area contributed by atoms with Crippen LogP contribution in [0.1, 0.15) is 30.3 Å². The minimum atomic E-state index is 0.0238. The maximum absolute atomic E-state index is 5.63. The first-order chi connectivity index (χ1) is 12.2. The van der Waals surface area contributed by atoms with Gasteiger partial charge in [0.25, 0.3) is 0 Å². The summed E-state index contributed by atoms with van der Waals surface area (Å²) < 4.78 is 10.9. The molecule has 1 unspecified atom stereocenters. The lowest BCUT2D eigenvalue weighted by molar-refractivity contribution is 0.441. The van der Waals surface area contributed by atoms with E-state index in [-0.39, 0.29) is 6.04 Å². The molecule has 132 valence electrons. The van der Waals surface area contributed by atoms with Gasteiger partial charge < -0.3 is 19.5 Å². The van der Waals surface area contributed by atoms with E-state index in [2.05, 4.69) is 30.8 Å². The number of aromatic amines is 1. The average molecular weight is 342 g/mol. The Hall–Kier alpha value is -3.03.